The average molecular weight is 443 g/mol. The monoisotopic (exact) mass is 442 g/mol. The third kappa shape index (κ3) is 6.90. The molecule has 2 N–H and O–H groups in total. The topological polar surface area (TPSA) is 65.8 Å². The lowest BCUT2D eigenvalue weighted by Crippen LogP contribution is -2.41. The van der Waals surface area contributed by atoms with E-state index in [-0.39, 0.29) is 6.61 Å². The first-order chi connectivity index (χ1) is 15.7. The van der Waals surface area contributed by atoms with Crippen LogP contribution in [0.4, 0.5) is 0 Å². The predicted octanol–water partition coefficient (Wildman–Crippen LogP) is 5.35. The Morgan fingerprint density at radius 3 is 2.75 bits per heavy atom. The number of unbranched alkanes of at least 4 members (excludes halogenated alkanes) is 4. The van der Waals surface area contributed by atoms with Gasteiger partial charge in [0.05, 0.1) is 18.7 Å². The molecule has 0 radical (unpaired) electrons. The Labute approximate surface area is 193 Å². The second-order valence-corrected chi connectivity index (χ2v) is 9.41. The molecule has 0 aliphatic carbocycles. The van der Waals surface area contributed by atoms with Crippen LogP contribution in [0.5, 0.6) is 5.75 Å². The Bertz CT molecular complexity index is 813. The lowest BCUT2D eigenvalue weighted by Gasteiger charge is -2.39. The number of likely N-dealkylation sites (tertiary alicyclic amines) is 1. The van der Waals surface area contributed by atoms with Gasteiger partial charge in [-0.1, -0.05) is 32.6 Å². The van der Waals surface area contributed by atoms with Gasteiger partial charge in [-0.15, -0.1) is 0 Å². The number of aromatic nitrogens is 1. The van der Waals surface area contributed by atoms with Gasteiger partial charge in [0, 0.05) is 24.7 Å². The van der Waals surface area contributed by atoms with Crippen LogP contribution in [-0.4, -0.2) is 53.4 Å². The molecule has 1 saturated heterocycles. The maximum atomic E-state index is 11.0. The molecule has 0 spiro atoms. The number of ether oxygens (including phenoxy) is 1. The second-order valence-electron chi connectivity index (χ2n) is 9.41. The van der Waals surface area contributed by atoms with Crippen molar-refractivity contribution in [2.45, 2.75) is 70.8 Å². The minimum atomic E-state index is -0.515. The highest BCUT2D eigenvalue weighted by Gasteiger charge is 2.29. The van der Waals surface area contributed by atoms with Gasteiger partial charge in [0.25, 0.3) is 0 Å². The fourth-order valence-electron chi connectivity index (χ4n) is 5.26. The minimum absolute atomic E-state index is 0.253. The van der Waals surface area contributed by atoms with Gasteiger partial charge in [0.15, 0.2) is 0 Å². The third-order valence-electron chi connectivity index (χ3n) is 7.21. The highest BCUT2D eigenvalue weighted by Crippen LogP contribution is 2.34. The molecule has 0 amide bonds. The van der Waals surface area contributed by atoms with Crippen LogP contribution in [-0.2, 0) is 0 Å². The molecule has 0 bridgehead atoms. The summed E-state index contributed by atoms with van der Waals surface area (Å²) < 4.78 is 5.37. The summed E-state index contributed by atoms with van der Waals surface area (Å²) in [6.45, 7) is 5.93. The first kappa shape index (κ1) is 24.9. The Morgan fingerprint density at radius 2 is 1.97 bits per heavy atom. The molecule has 0 saturated carbocycles. The van der Waals surface area contributed by atoms with Crippen molar-refractivity contribution >= 4 is 10.9 Å². The zero-order chi connectivity index (χ0) is 22.8. The van der Waals surface area contributed by atoms with E-state index in [9.17, 15) is 10.2 Å². The molecule has 5 heteroatoms. The highest BCUT2D eigenvalue weighted by molar-refractivity contribution is 5.83. The predicted molar refractivity (Wildman–Crippen MR) is 131 cm³/mol. The van der Waals surface area contributed by atoms with Crippen molar-refractivity contribution < 1.29 is 14.9 Å². The van der Waals surface area contributed by atoms with Crippen molar-refractivity contribution in [3.63, 3.8) is 0 Å². The minimum Gasteiger partial charge on any atom is -0.497 e. The van der Waals surface area contributed by atoms with Crippen LogP contribution in [0.2, 0.25) is 0 Å². The summed E-state index contributed by atoms with van der Waals surface area (Å²) in [5.41, 5.74) is 1.81. The number of piperidine rings is 1. The van der Waals surface area contributed by atoms with Crippen molar-refractivity contribution in [2.75, 3.05) is 33.4 Å². The maximum Gasteiger partial charge on any atom is 0.119 e. The second kappa shape index (κ2) is 13.1. The van der Waals surface area contributed by atoms with Crippen LogP contribution in [0.25, 0.3) is 10.9 Å². The molecular formula is C27H42N2O3. The van der Waals surface area contributed by atoms with Crippen molar-refractivity contribution in [1.29, 1.82) is 0 Å². The number of benzene rings is 1. The van der Waals surface area contributed by atoms with Crippen molar-refractivity contribution in [3.8, 4) is 5.75 Å². The lowest BCUT2D eigenvalue weighted by molar-refractivity contribution is 0.0773. The van der Waals surface area contributed by atoms with E-state index in [1.807, 2.05) is 24.3 Å². The van der Waals surface area contributed by atoms with Gasteiger partial charge in [-0.05, 0) is 86.9 Å². The molecule has 3 atom stereocenters. The molecule has 1 aromatic heterocycles. The SMILES string of the molecule is CCCCCCCN1CC[C@@H](CC[C@@H](O)c2ccnc3ccc(OC)cc23)[C@@H](CCO)C1. The molecule has 178 valence electrons. The maximum absolute atomic E-state index is 11.0. The van der Waals surface area contributed by atoms with Gasteiger partial charge in [0.1, 0.15) is 5.75 Å². The van der Waals surface area contributed by atoms with Crippen LogP contribution < -0.4 is 4.74 Å². The van der Waals surface area contributed by atoms with E-state index in [0.717, 1.165) is 61.0 Å². The molecule has 1 aliphatic rings. The number of pyridine rings is 1. The summed E-state index contributed by atoms with van der Waals surface area (Å²) >= 11 is 0. The third-order valence-corrected chi connectivity index (χ3v) is 7.21. The standard InChI is InChI=1S/C27H42N2O3/c1-3-4-5-6-7-16-29-17-13-21(22(20-29)14-18-30)8-11-27(31)24-12-15-28-26-10-9-23(32-2)19-25(24)26/h9-10,12,15,19,21-22,27,30-31H,3-8,11,13-14,16-18,20H2,1-2H3/t21-,22+,27-/m1/s1. The molecule has 2 heterocycles. The van der Waals surface area contributed by atoms with Crippen LogP contribution in [0.3, 0.4) is 0 Å². The molecule has 5 nitrogen and oxygen atoms in total. The first-order valence-corrected chi connectivity index (χ1v) is 12.6. The fraction of sp³-hybridized carbons (Fsp3) is 0.667. The summed E-state index contributed by atoms with van der Waals surface area (Å²) in [4.78, 5) is 7.03. The Morgan fingerprint density at radius 1 is 1.12 bits per heavy atom. The molecule has 0 unspecified atom stereocenters. The summed E-state index contributed by atoms with van der Waals surface area (Å²) in [5.74, 6) is 1.87. The number of hydrogen-bond acceptors (Lipinski definition) is 5. The number of methoxy groups -OCH3 is 1. The largest absolute Gasteiger partial charge is 0.497 e. The van der Waals surface area contributed by atoms with E-state index in [1.165, 1.54) is 38.6 Å². The van der Waals surface area contributed by atoms with E-state index >= 15 is 0 Å². The molecule has 1 fully saturated rings. The zero-order valence-electron chi connectivity index (χ0n) is 20.0. The van der Waals surface area contributed by atoms with E-state index in [2.05, 4.69) is 16.8 Å². The van der Waals surface area contributed by atoms with Gasteiger partial charge in [-0.2, -0.15) is 0 Å². The van der Waals surface area contributed by atoms with Gasteiger partial charge < -0.3 is 19.8 Å². The number of hydrogen-bond donors (Lipinski definition) is 2. The normalized spacial score (nSPS) is 20.5. The Hall–Kier alpha value is -1.69. The van der Waals surface area contributed by atoms with E-state index in [0.29, 0.717) is 11.8 Å². The fourth-order valence-corrected chi connectivity index (χ4v) is 5.26. The van der Waals surface area contributed by atoms with Gasteiger partial charge in [0.2, 0.25) is 0 Å². The van der Waals surface area contributed by atoms with Crippen molar-refractivity contribution in [2.24, 2.45) is 11.8 Å². The van der Waals surface area contributed by atoms with Crippen LogP contribution in [0.1, 0.15) is 76.4 Å². The van der Waals surface area contributed by atoms with E-state index in [1.54, 1.807) is 13.3 Å². The number of aliphatic hydroxyl groups is 2. The number of nitrogens with zero attached hydrogens (tertiary/aromatic N) is 2. The highest BCUT2D eigenvalue weighted by atomic mass is 16.5. The molecule has 1 aliphatic heterocycles. The first-order valence-electron chi connectivity index (χ1n) is 12.6. The van der Waals surface area contributed by atoms with Gasteiger partial charge >= 0.3 is 0 Å². The van der Waals surface area contributed by atoms with Gasteiger partial charge in [-0.25, -0.2) is 0 Å². The number of fused-ring (bicyclic) bond motifs is 1. The molecular weight excluding hydrogens is 400 g/mol. The summed E-state index contributed by atoms with van der Waals surface area (Å²) in [6, 6.07) is 7.75. The van der Waals surface area contributed by atoms with Crippen molar-refractivity contribution in [1.82, 2.24) is 9.88 Å². The van der Waals surface area contributed by atoms with Crippen LogP contribution in [0, 0.1) is 11.8 Å². The van der Waals surface area contributed by atoms with Crippen molar-refractivity contribution in [3.05, 3.63) is 36.0 Å². The smallest absolute Gasteiger partial charge is 0.119 e. The summed E-state index contributed by atoms with van der Waals surface area (Å²) in [5, 5.41) is 21.6. The lowest BCUT2D eigenvalue weighted by atomic mass is 9.79. The number of aliphatic hydroxyl groups excluding tert-OH is 2. The summed E-state index contributed by atoms with van der Waals surface area (Å²) in [7, 11) is 1.66. The Balaban J connectivity index is 1.55. The molecule has 2 aromatic rings. The average Bonchev–Trinajstić information content (AvgIpc) is 2.82. The molecule has 3 rings (SSSR count). The van der Waals surface area contributed by atoms with Crippen LogP contribution in [0.15, 0.2) is 30.5 Å². The molecule has 1 aromatic carbocycles. The van der Waals surface area contributed by atoms with Gasteiger partial charge in [-0.3, -0.25) is 4.98 Å². The van der Waals surface area contributed by atoms with E-state index in [4.69, 9.17) is 4.74 Å². The quantitative estimate of drug-likeness (QED) is 0.410. The number of rotatable bonds is 13. The molecule has 32 heavy (non-hydrogen) atoms. The zero-order valence-corrected chi connectivity index (χ0v) is 20.0. The van der Waals surface area contributed by atoms with E-state index < -0.39 is 6.10 Å². The van der Waals surface area contributed by atoms with Crippen LogP contribution >= 0.6 is 0 Å². The summed E-state index contributed by atoms with van der Waals surface area (Å²) in [6.07, 6.45) is 11.6. The Kier molecular flexibility index (Phi) is 10.2.